The molecule has 118 valence electrons. The highest BCUT2D eigenvalue weighted by atomic mass is 35.5. The highest BCUT2D eigenvalue weighted by Gasteiger charge is 2.22. The van der Waals surface area contributed by atoms with Crippen LogP contribution in [0.15, 0.2) is 24.3 Å². The molecular formula is C14H16ClN3O3S. The average molecular weight is 342 g/mol. The summed E-state index contributed by atoms with van der Waals surface area (Å²) in [6.07, 6.45) is 0.908. The maximum Gasteiger partial charge on any atom is 0.269 e. The second kappa shape index (κ2) is 6.10. The molecule has 0 aliphatic rings. The molecule has 1 aromatic heterocycles. The van der Waals surface area contributed by atoms with Gasteiger partial charge < -0.3 is 0 Å². The van der Waals surface area contributed by atoms with E-state index in [4.69, 9.17) is 11.6 Å². The molecule has 0 saturated heterocycles. The van der Waals surface area contributed by atoms with Gasteiger partial charge in [-0.3, -0.25) is 4.79 Å². The quantitative estimate of drug-likeness (QED) is 0.920. The number of nitrogens with zero attached hydrogens (tertiary/aromatic N) is 2. The lowest BCUT2D eigenvalue weighted by Gasteiger charge is -2.05. The highest BCUT2D eigenvalue weighted by Crippen LogP contribution is 2.21. The third-order valence-electron chi connectivity index (χ3n) is 3.02. The topological polar surface area (TPSA) is 81.1 Å². The molecule has 0 bridgehead atoms. The molecule has 6 nitrogen and oxygen atoms in total. The molecule has 1 heterocycles. The molecular weight excluding hydrogens is 326 g/mol. The van der Waals surface area contributed by atoms with Crippen LogP contribution in [-0.2, 0) is 16.6 Å². The summed E-state index contributed by atoms with van der Waals surface area (Å²) in [4.78, 5) is 12.0. The van der Waals surface area contributed by atoms with Gasteiger partial charge in [0.1, 0.15) is 10.7 Å². The van der Waals surface area contributed by atoms with E-state index in [9.17, 15) is 13.2 Å². The van der Waals surface area contributed by atoms with E-state index in [1.807, 2.05) is 35.9 Å². The van der Waals surface area contributed by atoms with E-state index in [1.54, 1.807) is 6.92 Å². The van der Waals surface area contributed by atoms with Crippen molar-refractivity contribution < 1.29 is 13.2 Å². The lowest BCUT2D eigenvalue weighted by molar-refractivity contribution is 0.0981. The van der Waals surface area contributed by atoms with Crippen LogP contribution >= 0.6 is 11.6 Å². The number of hydrogen-bond donors (Lipinski definition) is 1. The fourth-order valence-electron chi connectivity index (χ4n) is 2.00. The van der Waals surface area contributed by atoms with Gasteiger partial charge in [0.05, 0.1) is 18.5 Å². The molecule has 1 aromatic carbocycles. The SMILES string of the molecule is Cc1ccc(Cn2nc(C)c(C(=O)NS(C)(=O)=O)c2Cl)cc1. The zero-order chi connectivity index (χ0) is 16.5. The van der Waals surface area contributed by atoms with Gasteiger partial charge in [-0.2, -0.15) is 5.10 Å². The van der Waals surface area contributed by atoms with Gasteiger partial charge >= 0.3 is 0 Å². The zero-order valence-electron chi connectivity index (χ0n) is 12.4. The van der Waals surface area contributed by atoms with Crippen LogP contribution in [0, 0.1) is 13.8 Å². The molecule has 1 amide bonds. The Hall–Kier alpha value is -1.86. The minimum Gasteiger partial charge on any atom is -0.268 e. The Morgan fingerprint density at radius 1 is 1.27 bits per heavy atom. The number of benzene rings is 1. The minimum absolute atomic E-state index is 0.0687. The smallest absolute Gasteiger partial charge is 0.268 e. The summed E-state index contributed by atoms with van der Waals surface area (Å²) >= 11 is 6.18. The Bertz CT molecular complexity index is 811. The minimum atomic E-state index is -3.65. The number of nitrogens with one attached hydrogen (secondary N) is 1. The maximum atomic E-state index is 12.0. The summed E-state index contributed by atoms with van der Waals surface area (Å²) in [6, 6.07) is 7.82. The molecule has 1 N–H and O–H groups in total. The summed E-state index contributed by atoms with van der Waals surface area (Å²) in [5.74, 6) is -0.778. The van der Waals surface area contributed by atoms with Crippen LogP contribution < -0.4 is 4.72 Å². The van der Waals surface area contributed by atoms with E-state index in [0.29, 0.717) is 12.2 Å². The second-order valence-electron chi connectivity index (χ2n) is 5.10. The van der Waals surface area contributed by atoms with E-state index in [2.05, 4.69) is 5.10 Å². The first kappa shape index (κ1) is 16.5. The van der Waals surface area contributed by atoms with Crippen molar-refractivity contribution in [3.05, 3.63) is 51.8 Å². The zero-order valence-corrected chi connectivity index (χ0v) is 14.0. The van der Waals surface area contributed by atoms with E-state index < -0.39 is 15.9 Å². The summed E-state index contributed by atoms with van der Waals surface area (Å²) < 4.78 is 25.7. The van der Waals surface area contributed by atoms with Crippen LogP contribution in [0.3, 0.4) is 0 Å². The Labute approximate surface area is 134 Å². The van der Waals surface area contributed by atoms with E-state index >= 15 is 0 Å². The predicted molar refractivity (Wildman–Crippen MR) is 84.6 cm³/mol. The molecule has 0 radical (unpaired) electrons. The van der Waals surface area contributed by atoms with Crippen LogP contribution in [0.1, 0.15) is 27.2 Å². The van der Waals surface area contributed by atoms with Gasteiger partial charge in [0.15, 0.2) is 0 Å². The van der Waals surface area contributed by atoms with Crippen molar-refractivity contribution in [2.24, 2.45) is 0 Å². The Balaban J connectivity index is 2.30. The Morgan fingerprint density at radius 2 is 1.86 bits per heavy atom. The third-order valence-corrected chi connectivity index (χ3v) is 3.96. The number of hydrogen-bond acceptors (Lipinski definition) is 4. The molecule has 0 aliphatic carbocycles. The van der Waals surface area contributed by atoms with Crippen LogP contribution in [-0.4, -0.2) is 30.4 Å². The normalized spacial score (nSPS) is 11.5. The van der Waals surface area contributed by atoms with Gasteiger partial charge in [0.25, 0.3) is 5.91 Å². The number of sulfonamides is 1. The molecule has 0 atom stereocenters. The van der Waals surface area contributed by atoms with Gasteiger partial charge in [-0.25, -0.2) is 17.8 Å². The maximum absolute atomic E-state index is 12.0. The van der Waals surface area contributed by atoms with Crippen molar-refractivity contribution in [3.8, 4) is 0 Å². The lowest BCUT2D eigenvalue weighted by Crippen LogP contribution is -2.29. The van der Waals surface area contributed by atoms with Crippen molar-refractivity contribution >= 4 is 27.5 Å². The molecule has 8 heteroatoms. The van der Waals surface area contributed by atoms with Gasteiger partial charge in [-0.05, 0) is 19.4 Å². The Kier molecular flexibility index (Phi) is 4.58. The Morgan fingerprint density at radius 3 is 2.41 bits per heavy atom. The van der Waals surface area contributed by atoms with Crippen molar-refractivity contribution in [3.63, 3.8) is 0 Å². The highest BCUT2D eigenvalue weighted by molar-refractivity contribution is 7.89. The van der Waals surface area contributed by atoms with E-state index in [-0.39, 0.29) is 10.7 Å². The van der Waals surface area contributed by atoms with Crippen LogP contribution in [0.2, 0.25) is 5.15 Å². The number of halogens is 1. The monoisotopic (exact) mass is 341 g/mol. The average Bonchev–Trinajstić information content (AvgIpc) is 2.65. The summed E-state index contributed by atoms with van der Waals surface area (Å²) in [7, 11) is -3.65. The lowest BCUT2D eigenvalue weighted by atomic mass is 10.1. The molecule has 22 heavy (non-hydrogen) atoms. The first-order valence-electron chi connectivity index (χ1n) is 6.48. The van der Waals surface area contributed by atoms with Crippen LogP contribution in [0.5, 0.6) is 0 Å². The van der Waals surface area contributed by atoms with Crippen molar-refractivity contribution in [1.82, 2.24) is 14.5 Å². The van der Waals surface area contributed by atoms with Gasteiger partial charge in [0.2, 0.25) is 10.0 Å². The summed E-state index contributed by atoms with van der Waals surface area (Å²) in [5.41, 5.74) is 2.56. The summed E-state index contributed by atoms with van der Waals surface area (Å²) in [6.45, 7) is 3.99. The first-order chi connectivity index (χ1) is 10.2. The van der Waals surface area contributed by atoms with E-state index in [1.165, 1.54) is 4.68 Å². The molecule has 0 unspecified atom stereocenters. The fraction of sp³-hybridized carbons (Fsp3) is 0.286. The van der Waals surface area contributed by atoms with Crippen molar-refractivity contribution in [1.29, 1.82) is 0 Å². The molecule has 0 aliphatic heterocycles. The molecule has 2 rings (SSSR count). The first-order valence-corrected chi connectivity index (χ1v) is 8.75. The third kappa shape index (κ3) is 3.86. The molecule has 0 fully saturated rings. The number of carbonyl (C=O) groups excluding carboxylic acids is 1. The van der Waals surface area contributed by atoms with Crippen LogP contribution in [0.25, 0.3) is 0 Å². The fourth-order valence-corrected chi connectivity index (χ4v) is 2.76. The largest absolute Gasteiger partial charge is 0.269 e. The van der Waals surface area contributed by atoms with Gasteiger partial charge in [-0.15, -0.1) is 0 Å². The standard InChI is InChI=1S/C14H16ClN3O3S/c1-9-4-6-11(7-5-9)8-18-13(15)12(10(2)16-18)14(19)17-22(3,20)21/h4-7H,8H2,1-3H3,(H,17,19). The second-order valence-corrected chi connectivity index (χ2v) is 7.20. The molecule has 0 saturated carbocycles. The summed E-state index contributed by atoms with van der Waals surface area (Å²) in [5, 5.41) is 4.32. The van der Waals surface area contributed by atoms with Gasteiger partial charge in [0, 0.05) is 0 Å². The number of carbonyl (C=O) groups is 1. The molecule has 0 spiro atoms. The number of rotatable bonds is 4. The van der Waals surface area contributed by atoms with Crippen molar-refractivity contribution in [2.75, 3.05) is 6.26 Å². The molecule has 2 aromatic rings. The predicted octanol–water partition coefficient (Wildman–Crippen LogP) is 1.89. The number of amides is 1. The van der Waals surface area contributed by atoms with Crippen LogP contribution in [0.4, 0.5) is 0 Å². The number of aromatic nitrogens is 2. The van der Waals surface area contributed by atoms with Gasteiger partial charge in [-0.1, -0.05) is 41.4 Å². The van der Waals surface area contributed by atoms with E-state index in [0.717, 1.165) is 17.4 Å². The number of aryl methyl sites for hydroxylation is 2. The van der Waals surface area contributed by atoms with Crippen molar-refractivity contribution in [2.45, 2.75) is 20.4 Å².